The quantitative estimate of drug-likeness (QED) is 0.457. The van der Waals surface area contributed by atoms with Crippen molar-refractivity contribution >= 4 is 23.3 Å². The lowest BCUT2D eigenvalue weighted by Crippen LogP contribution is -2.38. The molecule has 2 amide bonds. The van der Waals surface area contributed by atoms with Gasteiger partial charge in [0.15, 0.2) is 24.7 Å². The van der Waals surface area contributed by atoms with Crippen molar-refractivity contribution in [1.29, 1.82) is 0 Å². The summed E-state index contributed by atoms with van der Waals surface area (Å²) in [7, 11) is 0. The van der Waals surface area contributed by atoms with Crippen molar-refractivity contribution in [3.63, 3.8) is 0 Å². The van der Waals surface area contributed by atoms with Crippen LogP contribution in [0.3, 0.4) is 0 Å². The van der Waals surface area contributed by atoms with Crippen molar-refractivity contribution in [2.45, 2.75) is 33.2 Å². The summed E-state index contributed by atoms with van der Waals surface area (Å²) in [5, 5.41) is 2.84. The van der Waals surface area contributed by atoms with Gasteiger partial charge >= 0.3 is 0 Å². The first-order chi connectivity index (χ1) is 17.4. The summed E-state index contributed by atoms with van der Waals surface area (Å²) in [5.74, 6) is 1.07. The molecule has 1 fully saturated rings. The van der Waals surface area contributed by atoms with Gasteiger partial charge in [-0.05, 0) is 61.9 Å². The monoisotopic (exact) mass is 489 g/mol. The van der Waals surface area contributed by atoms with Crippen molar-refractivity contribution in [1.82, 2.24) is 10.3 Å². The summed E-state index contributed by atoms with van der Waals surface area (Å²) in [6.07, 6.45) is 3.55. The molecule has 9 nitrogen and oxygen atoms in total. The van der Waals surface area contributed by atoms with Gasteiger partial charge in [-0.2, -0.15) is 0 Å². The van der Waals surface area contributed by atoms with Crippen molar-refractivity contribution in [2.75, 3.05) is 24.7 Å². The Balaban J connectivity index is 1.30. The molecule has 2 aromatic carbocycles. The number of aromatic nitrogens is 1. The maximum atomic E-state index is 12.9. The van der Waals surface area contributed by atoms with E-state index in [1.165, 1.54) is 11.2 Å². The molecule has 3 aromatic rings. The zero-order chi connectivity index (χ0) is 25.2. The van der Waals surface area contributed by atoms with Crippen molar-refractivity contribution < 1.29 is 28.3 Å². The van der Waals surface area contributed by atoms with Gasteiger partial charge < -0.3 is 19.2 Å². The van der Waals surface area contributed by atoms with Crippen LogP contribution in [0, 0.1) is 19.8 Å². The van der Waals surface area contributed by atoms with Crippen molar-refractivity contribution in [3.05, 3.63) is 70.9 Å². The number of hydrogen-bond donors (Lipinski definition) is 1. The number of oxazole rings is 1. The third-order valence-electron chi connectivity index (χ3n) is 6.31. The zero-order valence-corrected chi connectivity index (χ0v) is 20.2. The molecule has 1 N–H and O–H groups in total. The van der Waals surface area contributed by atoms with Gasteiger partial charge in [0.05, 0.1) is 5.69 Å². The lowest BCUT2D eigenvalue weighted by atomic mass is 10.1. The van der Waals surface area contributed by atoms with Crippen LogP contribution in [0.5, 0.6) is 11.5 Å². The van der Waals surface area contributed by atoms with Crippen LogP contribution in [0.15, 0.2) is 47.1 Å². The molecule has 36 heavy (non-hydrogen) atoms. The number of nitrogens with zero attached hydrogens (tertiary/aromatic N) is 2. The largest absolute Gasteiger partial charge is 0.485 e. The molecular formula is C27H27N3O6. The summed E-state index contributed by atoms with van der Waals surface area (Å²) in [6.45, 7) is 4.19. The maximum absolute atomic E-state index is 12.9. The predicted molar refractivity (Wildman–Crippen MR) is 130 cm³/mol. The van der Waals surface area contributed by atoms with Gasteiger partial charge in [0.2, 0.25) is 5.89 Å². The SMILES string of the molecule is Cc1cccc(C)c1OCC(=O)c1ccc2c(c1)N(Cc1nc(C(=O)NCC3CC3)co1)C(=O)CO2. The number of carbonyl (C=O) groups is 3. The molecule has 2 aliphatic rings. The van der Waals surface area contributed by atoms with E-state index in [0.717, 1.165) is 24.0 Å². The molecule has 0 atom stereocenters. The second-order valence-electron chi connectivity index (χ2n) is 9.16. The van der Waals surface area contributed by atoms with Crippen LogP contribution < -0.4 is 19.7 Å². The number of Topliss-reactive ketones (excluding diaryl/α,β-unsaturated/α-hetero) is 1. The van der Waals surface area contributed by atoms with Crippen molar-refractivity contribution in [2.24, 2.45) is 5.92 Å². The molecule has 0 spiro atoms. The highest BCUT2D eigenvalue weighted by atomic mass is 16.5. The fraction of sp³-hybridized carbons (Fsp3) is 0.333. The molecule has 0 saturated heterocycles. The number of ketones is 1. The van der Waals surface area contributed by atoms with E-state index in [0.29, 0.717) is 35.2 Å². The number of amides is 2. The summed E-state index contributed by atoms with van der Waals surface area (Å²) < 4.78 is 16.8. The first kappa shape index (κ1) is 23.6. The van der Waals surface area contributed by atoms with E-state index >= 15 is 0 Å². The fourth-order valence-electron chi connectivity index (χ4n) is 4.07. The third kappa shape index (κ3) is 5.10. The average Bonchev–Trinajstić information content (AvgIpc) is 3.59. The summed E-state index contributed by atoms with van der Waals surface area (Å²) in [4.78, 5) is 43.6. The second kappa shape index (κ2) is 9.85. The summed E-state index contributed by atoms with van der Waals surface area (Å²) in [5.41, 5.74) is 2.88. The van der Waals surface area contributed by atoms with Gasteiger partial charge in [-0.25, -0.2) is 4.98 Å². The van der Waals surface area contributed by atoms with Crippen LogP contribution in [-0.2, 0) is 11.3 Å². The number of benzene rings is 2. The highest BCUT2D eigenvalue weighted by Gasteiger charge is 2.29. The van der Waals surface area contributed by atoms with E-state index in [1.807, 2.05) is 32.0 Å². The Labute approximate surface area is 208 Å². The molecule has 186 valence electrons. The highest BCUT2D eigenvalue weighted by Crippen LogP contribution is 2.34. The first-order valence-electron chi connectivity index (χ1n) is 11.9. The standard InChI is InChI=1S/C27H27N3O6/c1-16-4-3-5-17(2)26(16)36-14-22(31)19-8-9-23-21(10-19)30(25(32)15-34-23)12-24-29-20(13-35-24)27(33)28-11-18-6-7-18/h3-5,8-10,13,18H,6-7,11-12,14-15H2,1-2H3,(H,28,33). The van der Waals surface area contributed by atoms with Crippen LogP contribution in [0.4, 0.5) is 5.69 Å². The molecule has 5 rings (SSSR count). The minimum absolute atomic E-state index is 0.00163. The first-order valence-corrected chi connectivity index (χ1v) is 11.9. The molecule has 0 bridgehead atoms. The number of rotatable bonds is 9. The number of ether oxygens (including phenoxy) is 2. The number of anilines is 1. The third-order valence-corrected chi connectivity index (χ3v) is 6.31. The molecule has 1 saturated carbocycles. The highest BCUT2D eigenvalue weighted by molar-refractivity contribution is 6.02. The Bertz CT molecular complexity index is 1310. The normalized spacial score (nSPS) is 14.7. The summed E-state index contributed by atoms with van der Waals surface area (Å²) in [6, 6.07) is 10.7. The van der Waals surface area contributed by atoms with Gasteiger partial charge in [-0.3, -0.25) is 19.3 Å². The Morgan fingerprint density at radius 2 is 1.94 bits per heavy atom. The number of para-hydroxylation sites is 1. The molecule has 0 radical (unpaired) electrons. The predicted octanol–water partition coefficient (Wildman–Crippen LogP) is 3.62. The molecule has 1 aliphatic carbocycles. The smallest absolute Gasteiger partial charge is 0.273 e. The number of hydrogen-bond acceptors (Lipinski definition) is 7. The lowest BCUT2D eigenvalue weighted by Gasteiger charge is -2.28. The minimum Gasteiger partial charge on any atom is -0.485 e. The topological polar surface area (TPSA) is 111 Å². The fourth-order valence-corrected chi connectivity index (χ4v) is 4.07. The van der Waals surface area contributed by atoms with E-state index in [4.69, 9.17) is 13.9 Å². The molecule has 0 unspecified atom stereocenters. The molecule has 9 heteroatoms. The summed E-state index contributed by atoms with van der Waals surface area (Å²) >= 11 is 0. The number of aryl methyl sites for hydroxylation is 2. The maximum Gasteiger partial charge on any atom is 0.273 e. The average molecular weight is 490 g/mol. The van der Waals surface area contributed by atoms with E-state index in [-0.39, 0.29) is 48.9 Å². The number of fused-ring (bicyclic) bond motifs is 1. The van der Waals surface area contributed by atoms with E-state index in [9.17, 15) is 14.4 Å². The van der Waals surface area contributed by atoms with Crippen LogP contribution in [-0.4, -0.2) is 42.3 Å². The van der Waals surface area contributed by atoms with Crippen LogP contribution >= 0.6 is 0 Å². The molecule has 2 heterocycles. The Kier molecular flexibility index (Phi) is 6.45. The van der Waals surface area contributed by atoms with E-state index < -0.39 is 0 Å². The Hall–Kier alpha value is -4.14. The van der Waals surface area contributed by atoms with Gasteiger partial charge in [0.1, 0.15) is 24.3 Å². The Morgan fingerprint density at radius 3 is 2.69 bits per heavy atom. The van der Waals surface area contributed by atoms with E-state index in [2.05, 4.69) is 10.3 Å². The number of carbonyl (C=O) groups excluding carboxylic acids is 3. The number of nitrogens with one attached hydrogen (secondary N) is 1. The Morgan fingerprint density at radius 1 is 1.17 bits per heavy atom. The van der Waals surface area contributed by atoms with Gasteiger partial charge in [0.25, 0.3) is 11.8 Å². The van der Waals surface area contributed by atoms with Gasteiger partial charge in [-0.1, -0.05) is 18.2 Å². The molecule has 1 aliphatic heterocycles. The lowest BCUT2D eigenvalue weighted by molar-refractivity contribution is -0.121. The van der Waals surface area contributed by atoms with Gasteiger partial charge in [0, 0.05) is 12.1 Å². The van der Waals surface area contributed by atoms with Crippen molar-refractivity contribution in [3.8, 4) is 11.5 Å². The second-order valence-corrected chi connectivity index (χ2v) is 9.16. The molecular weight excluding hydrogens is 462 g/mol. The minimum atomic E-state index is -0.309. The van der Waals surface area contributed by atoms with Crippen LogP contribution in [0.1, 0.15) is 50.7 Å². The van der Waals surface area contributed by atoms with Crippen LogP contribution in [0.2, 0.25) is 0 Å². The molecule has 1 aromatic heterocycles. The zero-order valence-electron chi connectivity index (χ0n) is 20.2. The van der Waals surface area contributed by atoms with E-state index in [1.54, 1.807) is 18.2 Å². The van der Waals surface area contributed by atoms with Gasteiger partial charge in [-0.15, -0.1) is 0 Å². The van der Waals surface area contributed by atoms with Crippen LogP contribution in [0.25, 0.3) is 0 Å².